The number of nitrogens with zero attached hydrogens (tertiary/aromatic N) is 2. The van der Waals surface area contributed by atoms with Crippen LogP contribution in [-0.2, 0) is 0 Å². The number of halogens is 1. The van der Waals surface area contributed by atoms with Crippen molar-refractivity contribution in [2.24, 2.45) is 0 Å². The normalized spacial score (nSPS) is 19.6. The molecule has 1 atom stereocenters. The smallest absolute Gasteiger partial charge is 0.231 e. The fourth-order valence-corrected chi connectivity index (χ4v) is 2.45. The fraction of sp³-hybridized carbons (Fsp3) is 0.429. The average Bonchev–Trinajstić information content (AvgIpc) is 2.89. The summed E-state index contributed by atoms with van der Waals surface area (Å²) in [5.41, 5.74) is 1.63. The highest BCUT2D eigenvalue weighted by Crippen LogP contribution is 2.26. The summed E-state index contributed by atoms with van der Waals surface area (Å²) in [6, 6.07) is 4.59. The van der Waals surface area contributed by atoms with Crippen LogP contribution in [-0.4, -0.2) is 23.2 Å². The third kappa shape index (κ3) is 2.51. The Morgan fingerprint density at radius 3 is 3.05 bits per heavy atom. The van der Waals surface area contributed by atoms with Crippen molar-refractivity contribution in [1.82, 2.24) is 15.5 Å². The maximum Gasteiger partial charge on any atom is 0.231 e. The number of aryl methyl sites for hydroxylation is 1. The first kappa shape index (κ1) is 12.3. The Balaban J connectivity index is 1.87. The van der Waals surface area contributed by atoms with Crippen molar-refractivity contribution in [2.45, 2.75) is 25.7 Å². The zero-order chi connectivity index (χ0) is 13.2. The highest BCUT2D eigenvalue weighted by atomic mass is 19.1. The number of hydrogen-bond acceptors (Lipinski definition) is 4. The van der Waals surface area contributed by atoms with Crippen LogP contribution < -0.4 is 5.32 Å². The van der Waals surface area contributed by atoms with E-state index in [9.17, 15) is 4.39 Å². The molecule has 0 bridgehead atoms. The Hall–Kier alpha value is -1.75. The third-order valence-electron chi connectivity index (χ3n) is 3.52. The highest BCUT2D eigenvalue weighted by molar-refractivity contribution is 5.59. The number of rotatable bonds is 2. The molecule has 100 valence electrons. The van der Waals surface area contributed by atoms with Crippen molar-refractivity contribution in [2.75, 3.05) is 13.1 Å². The predicted octanol–water partition coefficient (Wildman–Crippen LogP) is 2.65. The number of nitrogens with one attached hydrogen (secondary N) is 1. The Labute approximate surface area is 111 Å². The van der Waals surface area contributed by atoms with E-state index in [4.69, 9.17) is 4.52 Å². The molecule has 5 heteroatoms. The maximum atomic E-state index is 13.1. The summed E-state index contributed by atoms with van der Waals surface area (Å²) < 4.78 is 18.4. The molecule has 1 aromatic carbocycles. The molecule has 1 unspecified atom stereocenters. The molecule has 1 aliphatic rings. The summed E-state index contributed by atoms with van der Waals surface area (Å²) in [6.45, 7) is 3.77. The van der Waals surface area contributed by atoms with Gasteiger partial charge < -0.3 is 9.84 Å². The van der Waals surface area contributed by atoms with Crippen molar-refractivity contribution >= 4 is 0 Å². The lowest BCUT2D eigenvalue weighted by molar-refractivity contribution is 0.322. The Bertz CT molecular complexity index is 576. The molecule has 1 aromatic heterocycles. The summed E-state index contributed by atoms with van der Waals surface area (Å²) >= 11 is 0. The van der Waals surface area contributed by atoms with E-state index in [0.29, 0.717) is 11.7 Å². The van der Waals surface area contributed by atoms with Gasteiger partial charge in [0.1, 0.15) is 5.82 Å². The van der Waals surface area contributed by atoms with Gasteiger partial charge in [-0.3, -0.25) is 0 Å². The average molecular weight is 261 g/mol. The molecule has 1 saturated heterocycles. The lowest BCUT2D eigenvalue weighted by Gasteiger charge is -2.18. The molecular weight excluding hydrogens is 245 g/mol. The molecule has 0 saturated carbocycles. The molecular formula is C14H16FN3O. The maximum absolute atomic E-state index is 13.1. The first-order chi connectivity index (χ1) is 9.24. The van der Waals surface area contributed by atoms with Crippen LogP contribution >= 0.6 is 0 Å². The standard InChI is InChI=1S/C14H16FN3O/c1-9-7-11(15)4-5-12(9)13-17-14(19-18-13)10-3-2-6-16-8-10/h4-5,7,10,16H,2-3,6,8H2,1H3. The van der Waals surface area contributed by atoms with Crippen LogP contribution in [0.25, 0.3) is 11.4 Å². The van der Waals surface area contributed by atoms with Gasteiger partial charge in [-0.15, -0.1) is 0 Å². The van der Waals surface area contributed by atoms with Gasteiger partial charge in [-0.1, -0.05) is 5.16 Å². The van der Waals surface area contributed by atoms with E-state index in [2.05, 4.69) is 15.5 Å². The topological polar surface area (TPSA) is 51.0 Å². The quantitative estimate of drug-likeness (QED) is 0.903. The van der Waals surface area contributed by atoms with Crippen molar-refractivity contribution in [3.05, 3.63) is 35.5 Å². The molecule has 0 aliphatic carbocycles. The first-order valence-electron chi connectivity index (χ1n) is 6.55. The summed E-state index contributed by atoms with van der Waals surface area (Å²) in [5.74, 6) is 1.25. The van der Waals surface area contributed by atoms with Crippen LogP contribution in [0.15, 0.2) is 22.7 Å². The van der Waals surface area contributed by atoms with Gasteiger partial charge in [0.05, 0.1) is 5.92 Å². The highest BCUT2D eigenvalue weighted by Gasteiger charge is 2.22. The summed E-state index contributed by atoms with van der Waals surface area (Å²) in [4.78, 5) is 4.45. The second-order valence-corrected chi connectivity index (χ2v) is 4.96. The summed E-state index contributed by atoms with van der Waals surface area (Å²) in [5, 5.41) is 7.34. The van der Waals surface area contributed by atoms with Crippen molar-refractivity contribution in [1.29, 1.82) is 0 Å². The molecule has 3 rings (SSSR count). The Kier molecular flexibility index (Phi) is 3.29. The third-order valence-corrected chi connectivity index (χ3v) is 3.52. The van der Waals surface area contributed by atoms with Gasteiger partial charge in [0, 0.05) is 12.1 Å². The van der Waals surface area contributed by atoms with E-state index in [-0.39, 0.29) is 11.7 Å². The lowest BCUT2D eigenvalue weighted by atomic mass is 10.00. The Morgan fingerprint density at radius 1 is 1.42 bits per heavy atom. The molecule has 0 spiro atoms. The first-order valence-corrected chi connectivity index (χ1v) is 6.55. The molecule has 1 N–H and O–H groups in total. The molecule has 0 amide bonds. The van der Waals surface area contributed by atoms with Crippen LogP contribution in [0, 0.1) is 12.7 Å². The number of benzene rings is 1. The molecule has 19 heavy (non-hydrogen) atoms. The van der Waals surface area contributed by atoms with E-state index in [0.717, 1.165) is 37.1 Å². The van der Waals surface area contributed by atoms with E-state index < -0.39 is 0 Å². The lowest BCUT2D eigenvalue weighted by Crippen LogP contribution is -2.28. The van der Waals surface area contributed by atoms with Crippen molar-refractivity contribution in [3.63, 3.8) is 0 Å². The van der Waals surface area contributed by atoms with Gasteiger partial charge in [-0.25, -0.2) is 4.39 Å². The van der Waals surface area contributed by atoms with E-state index in [1.807, 2.05) is 6.92 Å². The zero-order valence-electron chi connectivity index (χ0n) is 10.8. The van der Waals surface area contributed by atoms with Gasteiger partial charge in [0.15, 0.2) is 0 Å². The monoisotopic (exact) mass is 261 g/mol. The van der Waals surface area contributed by atoms with Gasteiger partial charge in [0.25, 0.3) is 0 Å². The number of piperidine rings is 1. The number of hydrogen-bond donors (Lipinski definition) is 1. The minimum Gasteiger partial charge on any atom is -0.339 e. The fourth-order valence-electron chi connectivity index (χ4n) is 2.45. The number of aromatic nitrogens is 2. The molecule has 1 aliphatic heterocycles. The van der Waals surface area contributed by atoms with Gasteiger partial charge in [0.2, 0.25) is 11.7 Å². The summed E-state index contributed by atoms with van der Waals surface area (Å²) in [6.07, 6.45) is 2.19. The molecule has 0 radical (unpaired) electrons. The van der Waals surface area contributed by atoms with Crippen molar-refractivity contribution in [3.8, 4) is 11.4 Å². The van der Waals surface area contributed by atoms with Crippen LogP contribution in [0.3, 0.4) is 0 Å². The van der Waals surface area contributed by atoms with Crippen LogP contribution in [0.1, 0.15) is 30.2 Å². The predicted molar refractivity (Wildman–Crippen MR) is 69.3 cm³/mol. The molecule has 4 nitrogen and oxygen atoms in total. The van der Waals surface area contributed by atoms with E-state index >= 15 is 0 Å². The Morgan fingerprint density at radius 2 is 2.32 bits per heavy atom. The van der Waals surface area contributed by atoms with Gasteiger partial charge in [-0.05, 0) is 50.1 Å². The minimum atomic E-state index is -0.249. The molecule has 2 aromatic rings. The minimum absolute atomic E-state index is 0.249. The van der Waals surface area contributed by atoms with Crippen LogP contribution in [0.2, 0.25) is 0 Å². The van der Waals surface area contributed by atoms with E-state index in [1.54, 1.807) is 6.07 Å². The zero-order valence-corrected chi connectivity index (χ0v) is 10.8. The van der Waals surface area contributed by atoms with Crippen LogP contribution in [0.4, 0.5) is 4.39 Å². The SMILES string of the molecule is Cc1cc(F)ccc1-c1noc(C2CCCNC2)n1. The molecule has 1 fully saturated rings. The largest absolute Gasteiger partial charge is 0.339 e. The van der Waals surface area contributed by atoms with E-state index in [1.165, 1.54) is 12.1 Å². The van der Waals surface area contributed by atoms with Gasteiger partial charge in [-0.2, -0.15) is 4.98 Å². The van der Waals surface area contributed by atoms with Crippen molar-refractivity contribution < 1.29 is 8.91 Å². The second kappa shape index (κ2) is 5.09. The van der Waals surface area contributed by atoms with Crippen LogP contribution in [0.5, 0.6) is 0 Å². The van der Waals surface area contributed by atoms with Gasteiger partial charge >= 0.3 is 0 Å². The molecule has 2 heterocycles. The second-order valence-electron chi connectivity index (χ2n) is 4.96. The summed E-state index contributed by atoms with van der Waals surface area (Å²) in [7, 11) is 0.